The predicted octanol–water partition coefficient (Wildman–Crippen LogP) is 4.58. The van der Waals surface area contributed by atoms with Crippen LogP contribution in [0, 0.1) is 11.8 Å². The summed E-state index contributed by atoms with van der Waals surface area (Å²) in [6.07, 6.45) is 8.94. The molecule has 1 unspecified atom stereocenters. The van der Waals surface area contributed by atoms with Crippen LogP contribution in [-0.4, -0.2) is 31.5 Å². The van der Waals surface area contributed by atoms with Crippen molar-refractivity contribution in [3.8, 4) is 11.8 Å². The minimum absolute atomic E-state index is 0.0458. The molecule has 2 aliphatic carbocycles. The fourth-order valence-electron chi connectivity index (χ4n) is 4.80. The van der Waals surface area contributed by atoms with E-state index in [1.54, 1.807) is 7.11 Å². The highest BCUT2D eigenvalue weighted by Crippen LogP contribution is 2.46. The van der Waals surface area contributed by atoms with Crippen molar-refractivity contribution in [2.45, 2.75) is 69.4 Å². The van der Waals surface area contributed by atoms with Crippen LogP contribution in [-0.2, 0) is 15.9 Å². The first-order chi connectivity index (χ1) is 13.6. The third kappa shape index (κ3) is 3.82. The molecule has 1 saturated carbocycles. The van der Waals surface area contributed by atoms with E-state index in [-0.39, 0.29) is 17.7 Å². The summed E-state index contributed by atoms with van der Waals surface area (Å²) in [6.45, 7) is 2.78. The molecule has 0 bridgehead atoms. The average molecular weight is 380 g/mol. The van der Waals surface area contributed by atoms with Gasteiger partial charge >= 0.3 is 6.09 Å². The molecule has 3 aliphatic rings. The summed E-state index contributed by atoms with van der Waals surface area (Å²) in [5.74, 6) is 7.09. The number of nitrogens with one attached hydrogen (secondary N) is 1. The van der Waals surface area contributed by atoms with Crippen LogP contribution >= 0.6 is 0 Å². The Balaban J connectivity index is 1.44. The second-order valence-corrected chi connectivity index (χ2v) is 8.29. The quantitative estimate of drug-likeness (QED) is 0.615. The van der Waals surface area contributed by atoms with Crippen molar-refractivity contribution in [1.82, 2.24) is 5.32 Å². The van der Waals surface area contributed by atoms with Gasteiger partial charge in [0.15, 0.2) is 0 Å². The molecule has 1 aromatic rings. The van der Waals surface area contributed by atoms with Gasteiger partial charge in [0.2, 0.25) is 0 Å². The van der Waals surface area contributed by atoms with E-state index in [4.69, 9.17) is 9.47 Å². The van der Waals surface area contributed by atoms with Gasteiger partial charge in [0.05, 0.1) is 5.54 Å². The number of aryl methyl sites for hydroxylation is 1. The molecule has 1 saturated heterocycles. The number of rotatable bonds is 4. The Labute approximate surface area is 167 Å². The summed E-state index contributed by atoms with van der Waals surface area (Å²) in [6, 6.07) is 6.88. The fraction of sp³-hybridized carbons (Fsp3) is 0.542. The lowest BCUT2D eigenvalue weighted by atomic mass is 9.86. The standard InChI is InChI=1S/C24H29NO3/c1-17-24(25-23(26)28-17)12-11-22(16-24)21-10-9-19-14-18(7-8-20(19)15-21)6-4-3-5-13-27-2/h9-10,14-15,17,22H,3,5,7-8,11-13,16H2,1-2H3,(H,25,26)/t17?,22-,24-/m1/s1. The van der Waals surface area contributed by atoms with E-state index in [0.717, 1.165) is 51.6 Å². The summed E-state index contributed by atoms with van der Waals surface area (Å²) in [7, 11) is 1.73. The molecule has 0 aromatic heterocycles. The SMILES string of the molecule is COCCCC#CC1=Cc2ccc([C@@H]3CC[C@]4(C3)NC(=O)OC4C)cc2CC1. The molecular formula is C24H29NO3. The maximum atomic E-state index is 11.6. The average Bonchev–Trinajstić information content (AvgIpc) is 3.24. The van der Waals surface area contributed by atoms with Gasteiger partial charge < -0.3 is 14.8 Å². The summed E-state index contributed by atoms with van der Waals surface area (Å²) in [4.78, 5) is 11.6. The third-order valence-electron chi connectivity index (χ3n) is 6.49. The molecule has 3 atom stereocenters. The molecule has 4 rings (SSSR count). The van der Waals surface area contributed by atoms with E-state index in [9.17, 15) is 4.79 Å². The van der Waals surface area contributed by atoms with Gasteiger partial charge in [0, 0.05) is 25.7 Å². The number of carbonyl (C=O) groups is 1. The van der Waals surface area contributed by atoms with Crippen LogP contribution in [0.1, 0.15) is 68.1 Å². The molecule has 1 N–H and O–H groups in total. The zero-order valence-corrected chi connectivity index (χ0v) is 16.8. The third-order valence-corrected chi connectivity index (χ3v) is 6.49. The van der Waals surface area contributed by atoms with E-state index in [2.05, 4.69) is 41.4 Å². The number of hydrogen-bond donors (Lipinski definition) is 1. The van der Waals surface area contributed by atoms with Gasteiger partial charge in [-0.1, -0.05) is 30.0 Å². The Hall–Kier alpha value is -2.25. The number of alkyl carbamates (subject to hydrolysis) is 1. The number of amides is 1. The van der Waals surface area contributed by atoms with Gasteiger partial charge in [-0.05, 0) is 74.1 Å². The van der Waals surface area contributed by atoms with Crippen molar-refractivity contribution in [1.29, 1.82) is 0 Å². The molecule has 1 aliphatic heterocycles. The number of fused-ring (bicyclic) bond motifs is 1. The summed E-state index contributed by atoms with van der Waals surface area (Å²) < 4.78 is 10.4. The number of allylic oxidation sites excluding steroid dienone is 1. The van der Waals surface area contributed by atoms with E-state index < -0.39 is 0 Å². The number of ether oxygens (including phenoxy) is 2. The molecule has 4 nitrogen and oxygen atoms in total. The molecule has 1 aromatic carbocycles. The van der Waals surface area contributed by atoms with Crippen LogP contribution in [0.25, 0.3) is 6.08 Å². The first-order valence-electron chi connectivity index (χ1n) is 10.4. The Morgan fingerprint density at radius 3 is 3.04 bits per heavy atom. The van der Waals surface area contributed by atoms with E-state index >= 15 is 0 Å². The first-order valence-corrected chi connectivity index (χ1v) is 10.4. The van der Waals surface area contributed by atoms with Crippen LogP contribution in [0.4, 0.5) is 4.79 Å². The summed E-state index contributed by atoms with van der Waals surface area (Å²) in [5, 5.41) is 3.09. The van der Waals surface area contributed by atoms with Crippen molar-refractivity contribution >= 4 is 12.2 Å². The molecule has 1 amide bonds. The van der Waals surface area contributed by atoms with Crippen molar-refractivity contribution in [3.05, 3.63) is 40.5 Å². The maximum Gasteiger partial charge on any atom is 0.408 e. The minimum Gasteiger partial charge on any atom is -0.444 e. The number of benzene rings is 1. The van der Waals surface area contributed by atoms with Crippen LogP contribution < -0.4 is 5.32 Å². The Bertz CT molecular complexity index is 847. The van der Waals surface area contributed by atoms with Gasteiger partial charge in [0.25, 0.3) is 0 Å². The molecule has 0 radical (unpaired) electrons. The van der Waals surface area contributed by atoms with Crippen LogP contribution in [0.3, 0.4) is 0 Å². The van der Waals surface area contributed by atoms with Gasteiger partial charge in [-0.15, -0.1) is 0 Å². The Morgan fingerprint density at radius 2 is 2.25 bits per heavy atom. The monoisotopic (exact) mass is 379 g/mol. The van der Waals surface area contributed by atoms with Gasteiger partial charge in [0.1, 0.15) is 6.10 Å². The van der Waals surface area contributed by atoms with Crippen LogP contribution in [0.15, 0.2) is 23.8 Å². The number of unbranched alkanes of at least 4 members (excludes halogenated alkanes) is 1. The lowest BCUT2D eigenvalue weighted by Gasteiger charge is -2.26. The van der Waals surface area contributed by atoms with Gasteiger partial charge in [-0.3, -0.25) is 0 Å². The Kier molecular flexibility index (Phi) is 5.46. The topological polar surface area (TPSA) is 47.6 Å². The zero-order chi connectivity index (χ0) is 19.6. The summed E-state index contributed by atoms with van der Waals surface area (Å²) in [5.41, 5.74) is 5.17. The second kappa shape index (κ2) is 8.01. The first kappa shape index (κ1) is 19.1. The lowest BCUT2D eigenvalue weighted by molar-refractivity contribution is 0.121. The molecule has 1 spiro atoms. The smallest absolute Gasteiger partial charge is 0.408 e. The van der Waals surface area contributed by atoms with Crippen molar-refractivity contribution < 1.29 is 14.3 Å². The molecule has 148 valence electrons. The number of hydrogen-bond acceptors (Lipinski definition) is 3. The largest absolute Gasteiger partial charge is 0.444 e. The normalized spacial score (nSPS) is 28.2. The second-order valence-electron chi connectivity index (χ2n) is 8.29. The highest BCUT2D eigenvalue weighted by molar-refractivity contribution is 5.71. The minimum atomic E-state index is -0.264. The van der Waals surface area contributed by atoms with Crippen molar-refractivity contribution in [2.24, 2.45) is 0 Å². The molecule has 1 heterocycles. The Morgan fingerprint density at radius 1 is 1.36 bits per heavy atom. The molecule has 2 fully saturated rings. The fourth-order valence-corrected chi connectivity index (χ4v) is 4.80. The predicted molar refractivity (Wildman–Crippen MR) is 110 cm³/mol. The van der Waals surface area contributed by atoms with Crippen molar-refractivity contribution in [2.75, 3.05) is 13.7 Å². The van der Waals surface area contributed by atoms with Crippen LogP contribution in [0.5, 0.6) is 0 Å². The van der Waals surface area contributed by atoms with Gasteiger partial charge in [-0.2, -0.15) is 0 Å². The number of carbonyl (C=O) groups excluding carboxylic acids is 1. The molecule has 4 heteroatoms. The van der Waals surface area contributed by atoms with E-state index in [0.29, 0.717) is 5.92 Å². The van der Waals surface area contributed by atoms with Gasteiger partial charge in [-0.25, -0.2) is 4.79 Å². The maximum absolute atomic E-state index is 11.6. The van der Waals surface area contributed by atoms with E-state index in [1.807, 2.05) is 6.92 Å². The molecular weight excluding hydrogens is 350 g/mol. The van der Waals surface area contributed by atoms with Crippen molar-refractivity contribution in [3.63, 3.8) is 0 Å². The highest BCUT2D eigenvalue weighted by atomic mass is 16.6. The zero-order valence-electron chi connectivity index (χ0n) is 16.8. The van der Waals surface area contributed by atoms with E-state index in [1.165, 1.54) is 22.3 Å². The molecule has 28 heavy (non-hydrogen) atoms. The summed E-state index contributed by atoms with van der Waals surface area (Å²) >= 11 is 0. The lowest BCUT2D eigenvalue weighted by Crippen LogP contribution is -2.44. The number of cyclic esters (lactones) is 1. The van der Waals surface area contributed by atoms with Crippen LogP contribution in [0.2, 0.25) is 0 Å². The number of methoxy groups -OCH3 is 1. The highest BCUT2D eigenvalue weighted by Gasteiger charge is 2.50.